The average Bonchev–Trinajstić information content (AvgIpc) is 3.05. The molecule has 0 atom stereocenters. The van der Waals surface area contributed by atoms with Crippen molar-refractivity contribution < 1.29 is 17.6 Å². The van der Waals surface area contributed by atoms with Gasteiger partial charge in [0.15, 0.2) is 0 Å². The summed E-state index contributed by atoms with van der Waals surface area (Å²) in [4.78, 5) is 0.510. The van der Waals surface area contributed by atoms with Gasteiger partial charge in [-0.2, -0.15) is 8.78 Å². The zero-order valence-electron chi connectivity index (χ0n) is 13.2. The third-order valence-electron chi connectivity index (χ3n) is 3.35. The van der Waals surface area contributed by atoms with Gasteiger partial charge in [0, 0.05) is 21.2 Å². The first-order valence-corrected chi connectivity index (χ1v) is 9.67. The van der Waals surface area contributed by atoms with Crippen LogP contribution in [0.25, 0.3) is 0 Å². The van der Waals surface area contributed by atoms with Crippen molar-refractivity contribution in [1.29, 1.82) is 0 Å². The fourth-order valence-electron chi connectivity index (χ4n) is 2.13. The number of benzene rings is 2. The van der Waals surface area contributed by atoms with Crippen molar-refractivity contribution in [3.63, 3.8) is 0 Å². The molecule has 0 spiro atoms. The van der Waals surface area contributed by atoms with Gasteiger partial charge in [0.1, 0.15) is 5.82 Å². The lowest BCUT2D eigenvalue weighted by molar-refractivity contribution is 0.252. The number of hydrogen-bond donors (Lipinski definition) is 0. The molecule has 0 saturated heterocycles. The van der Waals surface area contributed by atoms with Crippen LogP contribution in [-0.4, -0.2) is 16.0 Å². The molecule has 0 aliphatic heterocycles. The van der Waals surface area contributed by atoms with Gasteiger partial charge in [0.05, 0.1) is 6.42 Å². The summed E-state index contributed by atoms with van der Waals surface area (Å²) in [5, 5.41) is 8.48. The highest BCUT2D eigenvalue weighted by molar-refractivity contribution is 7.99. The van der Waals surface area contributed by atoms with E-state index in [0.717, 1.165) is 5.56 Å². The van der Waals surface area contributed by atoms with Crippen molar-refractivity contribution in [3.05, 3.63) is 70.3 Å². The molecule has 0 fully saturated rings. The second-order valence-corrected chi connectivity index (χ2v) is 7.55. The lowest BCUT2D eigenvalue weighted by Crippen LogP contribution is -1.94. The number of alkyl halides is 2. The highest BCUT2D eigenvalue weighted by Crippen LogP contribution is 2.28. The van der Waals surface area contributed by atoms with Crippen LogP contribution in [0, 0.1) is 5.82 Å². The Balaban J connectivity index is 1.58. The number of rotatable bonds is 7. The van der Waals surface area contributed by atoms with Crippen LogP contribution in [0.4, 0.5) is 13.2 Å². The molecular formula is C17H12ClF3N2OS2. The fraction of sp³-hybridized carbons (Fsp3) is 0.176. The molecule has 9 heteroatoms. The molecule has 0 aliphatic rings. The summed E-state index contributed by atoms with van der Waals surface area (Å²) in [6, 6.07) is 11.3. The van der Waals surface area contributed by atoms with Crippen LogP contribution < -0.4 is 0 Å². The van der Waals surface area contributed by atoms with E-state index in [2.05, 4.69) is 10.2 Å². The Kier molecular flexibility index (Phi) is 6.50. The van der Waals surface area contributed by atoms with Crippen molar-refractivity contribution in [3.8, 4) is 0 Å². The monoisotopic (exact) mass is 416 g/mol. The first-order valence-electron chi connectivity index (χ1n) is 7.43. The van der Waals surface area contributed by atoms with E-state index < -0.39 is 11.6 Å². The molecule has 0 radical (unpaired) electrons. The number of aromatic nitrogens is 2. The van der Waals surface area contributed by atoms with E-state index in [0.29, 0.717) is 38.2 Å². The van der Waals surface area contributed by atoms with E-state index in [1.165, 1.54) is 23.9 Å². The Morgan fingerprint density at radius 2 is 1.85 bits per heavy atom. The van der Waals surface area contributed by atoms with Crippen LogP contribution in [0.3, 0.4) is 0 Å². The van der Waals surface area contributed by atoms with Gasteiger partial charge < -0.3 is 4.42 Å². The summed E-state index contributed by atoms with van der Waals surface area (Å²) >= 11 is 7.80. The van der Waals surface area contributed by atoms with Crippen LogP contribution in [0.5, 0.6) is 0 Å². The molecule has 136 valence electrons. The molecule has 1 aromatic heterocycles. The molecule has 1 heterocycles. The molecular weight excluding hydrogens is 405 g/mol. The topological polar surface area (TPSA) is 38.9 Å². The predicted molar refractivity (Wildman–Crippen MR) is 96.4 cm³/mol. The molecule has 26 heavy (non-hydrogen) atoms. The number of halogens is 4. The molecule has 3 nitrogen and oxygen atoms in total. The molecule has 0 aliphatic carbocycles. The Morgan fingerprint density at radius 1 is 1.08 bits per heavy atom. The first kappa shape index (κ1) is 19.1. The van der Waals surface area contributed by atoms with Crippen LogP contribution in [0.15, 0.2) is 57.0 Å². The highest BCUT2D eigenvalue weighted by Gasteiger charge is 2.13. The molecule has 0 N–H and O–H groups in total. The smallest absolute Gasteiger partial charge is 0.288 e. The summed E-state index contributed by atoms with van der Waals surface area (Å²) in [6.07, 6.45) is 0.110. The maximum Gasteiger partial charge on any atom is 0.288 e. The molecule has 3 aromatic rings. The third-order valence-corrected chi connectivity index (χ3v) is 5.32. The SMILES string of the molecule is Fc1cccc(Cl)c1Cc1nnc(SCc2ccc(SC(F)F)cc2)o1. The van der Waals surface area contributed by atoms with Crippen molar-refractivity contribution in [2.45, 2.75) is 28.0 Å². The van der Waals surface area contributed by atoms with Crippen LogP contribution >= 0.6 is 35.1 Å². The summed E-state index contributed by atoms with van der Waals surface area (Å²) in [6.45, 7) is 0. The lowest BCUT2D eigenvalue weighted by Gasteiger charge is -2.02. The average molecular weight is 417 g/mol. The summed E-state index contributed by atoms with van der Waals surface area (Å²) in [7, 11) is 0. The van der Waals surface area contributed by atoms with Gasteiger partial charge in [0.25, 0.3) is 11.0 Å². The van der Waals surface area contributed by atoms with Crippen LogP contribution in [-0.2, 0) is 12.2 Å². The Morgan fingerprint density at radius 3 is 2.54 bits per heavy atom. The van der Waals surface area contributed by atoms with Gasteiger partial charge in [-0.15, -0.1) is 10.2 Å². The molecule has 0 unspecified atom stereocenters. The summed E-state index contributed by atoms with van der Waals surface area (Å²) in [5.41, 5.74) is 1.24. The van der Waals surface area contributed by atoms with Gasteiger partial charge >= 0.3 is 0 Å². The number of thioether (sulfide) groups is 2. The van der Waals surface area contributed by atoms with Crippen LogP contribution in [0.1, 0.15) is 17.0 Å². The molecule has 0 bridgehead atoms. The minimum absolute atomic E-state index is 0.110. The van der Waals surface area contributed by atoms with E-state index in [4.69, 9.17) is 16.0 Å². The second kappa shape index (κ2) is 8.83. The van der Waals surface area contributed by atoms with Gasteiger partial charge in [-0.1, -0.05) is 53.3 Å². The Bertz CT molecular complexity index is 854. The van der Waals surface area contributed by atoms with Crippen LogP contribution in [0.2, 0.25) is 5.02 Å². The Labute approximate surface area is 161 Å². The molecule has 2 aromatic carbocycles. The molecule has 0 amide bonds. The van der Waals surface area contributed by atoms with E-state index in [1.807, 2.05) is 0 Å². The molecule has 0 saturated carbocycles. The van der Waals surface area contributed by atoms with E-state index in [1.54, 1.807) is 30.3 Å². The van der Waals surface area contributed by atoms with Crippen molar-refractivity contribution >= 4 is 35.1 Å². The largest absolute Gasteiger partial charge is 0.416 e. The lowest BCUT2D eigenvalue weighted by atomic mass is 10.1. The Hall–Kier alpha value is -1.64. The van der Waals surface area contributed by atoms with Crippen molar-refractivity contribution in [2.75, 3.05) is 0 Å². The van der Waals surface area contributed by atoms with E-state index in [9.17, 15) is 13.2 Å². The van der Waals surface area contributed by atoms with Gasteiger partial charge in [-0.3, -0.25) is 0 Å². The first-order chi connectivity index (χ1) is 12.5. The van der Waals surface area contributed by atoms with E-state index in [-0.39, 0.29) is 12.3 Å². The molecule has 3 rings (SSSR count). The van der Waals surface area contributed by atoms with E-state index >= 15 is 0 Å². The standard InChI is InChI=1S/C17H12ClF3N2OS2/c18-13-2-1-3-14(19)12(13)8-15-22-23-17(24-15)25-9-10-4-6-11(7-5-10)26-16(20)21/h1-7,16H,8-9H2. The second-order valence-electron chi connectivity index (χ2n) is 5.15. The minimum Gasteiger partial charge on any atom is -0.416 e. The number of hydrogen-bond acceptors (Lipinski definition) is 5. The highest BCUT2D eigenvalue weighted by atomic mass is 35.5. The normalized spacial score (nSPS) is 11.3. The quantitative estimate of drug-likeness (QED) is 0.438. The van der Waals surface area contributed by atoms with Crippen molar-refractivity contribution in [2.24, 2.45) is 0 Å². The van der Waals surface area contributed by atoms with Gasteiger partial charge in [0.2, 0.25) is 5.89 Å². The third kappa shape index (κ3) is 5.18. The fourth-order valence-corrected chi connectivity index (χ4v) is 3.60. The van der Waals surface area contributed by atoms with Crippen molar-refractivity contribution in [1.82, 2.24) is 10.2 Å². The van der Waals surface area contributed by atoms with Gasteiger partial charge in [-0.05, 0) is 29.8 Å². The summed E-state index contributed by atoms with van der Waals surface area (Å²) in [5.74, 6) is -2.05. The van der Waals surface area contributed by atoms with Gasteiger partial charge in [-0.25, -0.2) is 4.39 Å². The summed E-state index contributed by atoms with van der Waals surface area (Å²) < 4.78 is 43.9. The zero-order chi connectivity index (χ0) is 18.5. The minimum atomic E-state index is -2.44. The maximum atomic E-state index is 13.8. The zero-order valence-corrected chi connectivity index (χ0v) is 15.6. The predicted octanol–water partition coefficient (Wildman–Crippen LogP) is 6.06. The number of nitrogens with zero attached hydrogens (tertiary/aromatic N) is 2. The maximum absolute atomic E-state index is 13.8.